The number of nitriles is 1. The zero-order chi connectivity index (χ0) is 12.2. The van der Waals surface area contributed by atoms with Gasteiger partial charge in [0.1, 0.15) is 5.92 Å². The van der Waals surface area contributed by atoms with Gasteiger partial charge < -0.3 is 10.2 Å². The van der Waals surface area contributed by atoms with Crippen LogP contribution in [0, 0.1) is 11.3 Å². The fourth-order valence-corrected chi connectivity index (χ4v) is 1.58. The maximum absolute atomic E-state index is 11.0. The summed E-state index contributed by atoms with van der Waals surface area (Å²) in [5.41, 5.74) is -1.52. The van der Waals surface area contributed by atoms with Gasteiger partial charge in [0.25, 0.3) is 0 Å². The summed E-state index contributed by atoms with van der Waals surface area (Å²) >= 11 is 0. The summed E-state index contributed by atoms with van der Waals surface area (Å²) < 4.78 is 0. The standard InChI is InChI=1S/C12H13NO3/c1-2-12(16,11(14)15)10(8-13)9-6-4-3-5-7-9/h3-7,10,16H,2H2,1H3,(H,14,15). The van der Waals surface area contributed by atoms with Gasteiger partial charge >= 0.3 is 5.97 Å². The average Bonchev–Trinajstić information content (AvgIpc) is 2.30. The van der Waals surface area contributed by atoms with Crippen LogP contribution in [0.2, 0.25) is 0 Å². The molecule has 0 aliphatic carbocycles. The Morgan fingerprint density at radius 2 is 2.06 bits per heavy atom. The van der Waals surface area contributed by atoms with Gasteiger partial charge in [0.15, 0.2) is 5.60 Å². The maximum atomic E-state index is 11.0. The van der Waals surface area contributed by atoms with Gasteiger partial charge in [0, 0.05) is 0 Å². The van der Waals surface area contributed by atoms with Gasteiger partial charge in [-0.3, -0.25) is 0 Å². The molecular weight excluding hydrogens is 206 g/mol. The van der Waals surface area contributed by atoms with E-state index in [4.69, 9.17) is 10.4 Å². The van der Waals surface area contributed by atoms with Gasteiger partial charge in [-0.25, -0.2) is 4.79 Å². The van der Waals surface area contributed by atoms with Crippen molar-refractivity contribution in [3.63, 3.8) is 0 Å². The second-order valence-corrected chi connectivity index (χ2v) is 3.56. The lowest BCUT2D eigenvalue weighted by Crippen LogP contribution is -2.43. The number of hydrogen-bond acceptors (Lipinski definition) is 3. The molecule has 0 bridgehead atoms. The molecule has 2 atom stereocenters. The smallest absolute Gasteiger partial charge is 0.337 e. The Balaban J connectivity index is 3.18. The van der Waals surface area contributed by atoms with E-state index in [0.717, 1.165) is 0 Å². The second kappa shape index (κ2) is 4.77. The van der Waals surface area contributed by atoms with Crippen LogP contribution in [0.5, 0.6) is 0 Å². The monoisotopic (exact) mass is 219 g/mol. The molecule has 0 saturated heterocycles. The molecule has 4 heteroatoms. The first-order chi connectivity index (χ1) is 7.56. The minimum Gasteiger partial charge on any atom is -0.479 e. The molecule has 0 heterocycles. The number of rotatable bonds is 4. The Hall–Kier alpha value is -1.86. The summed E-state index contributed by atoms with van der Waals surface area (Å²) in [6.45, 7) is 1.54. The van der Waals surface area contributed by atoms with E-state index in [1.807, 2.05) is 6.07 Å². The van der Waals surface area contributed by atoms with Crippen molar-refractivity contribution in [3.05, 3.63) is 35.9 Å². The Kier molecular flexibility index (Phi) is 3.64. The van der Waals surface area contributed by atoms with Crippen LogP contribution in [0.15, 0.2) is 30.3 Å². The molecule has 0 aromatic heterocycles. The fraction of sp³-hybridized carbons (Fsp3) is 0.333. The van der Waals surface area contributed by atoms with E-state index in [2.05, 4.69) is 0 Å². The number of benzene rings is 1. The Morgan fingerprint density at radius 3 is 2.44 bits per heavy atom. The van der Waals surface area contributed by atoms with Gasteiger partial charge in [0.05, 0.1) is 6.07 Å². The van der Waals surface area contributed by atoms with E-state index in [0.29, 0.717) is 5.56 Å². The molecule has 4 nitrogen and oxygen atoms in total. The van der Waals surface area contributed by atoms with Gasteiger partial charge in [-0.2, -0.15) is 5.26 Å². The van der Waals surface area contributed by atoms with E-state index < -0.39 is 17.5 Å². The van der Waals surface area contributed by atoms with Crippen molar-refractivity contribution in [2.75, 3.05) is 0 Å². The van der Waals surface area contributed by atoms with Crippen LogP contribution >= 0.6 is 0 Å². The van der Waals surface area contributed by atoms with Crippen LogP contribution in [-0.4, -0.2) is 21.8 Å². The van der Waals surface area contributed by atoms with Crippen molar-refractivity contribution >= 4 is 5.97 Å². The summed E-state index contributed by atoms with van der Waals surface area (Å²) in [5.74, 6) is -2.43. The molecule has 1 rings (SSSR count). The van der Waals surface area contributed by atoms with Crippen molar-refractivity contribution in [2.24, 2.45) is 0 Å². The molecule has 0 saturated carbocycles. The molecule has 0 aliphatic heterocycles. The van der Waals surface area contributed by atoms with E-state index in [1.165, 1.54) is 0 Å². The van der Waals surface area contributed by atoms with Gasteiger partial charge in [-0.15, -0.1) is 0 Å². The third-order valence-corrected chi connectivity index (χ3v) is 2.65. The van der Waals surface area contributed by atoms with Gasteiger partial charge in [0.2, 0.25) is 0 Å². The quantitative estimate of drug-likeness (QED) is 0.804. The number of carboxylic acid groups (broad SMARTS) is 1. The SMILES string of the molecule is CCC(O)(C(=O)O)C(C#N)c1ccccc1. The molecule has 0 radical (unpaired) electrons. The average molecular weight is 219 g/mol. The molecule has 0 spiro atoms. The Morgan fingerprint density at radius 1 is 1.50 bits per heavy atom. The lowest BCUT2D eigenvalue weighted by Gasteiger charge is -2.26. The predicted molar refractivity (Wildman–Crippen MR) is 57.7 cm³/mol. The van der Waals surface area contributed by atoms with Crippen molar-refractivity contribution in [1.29, 1.82) is 5.26 Å². The minimum atomic E-state index is -2.03. The number of hydrogen-bond donors (Lipinski definition) is 2. The molecule has 1 aromatic carbocycles. The lowest BCUT2D eigenvalue weighted by atomic mass is 9.81. The predicted octanol–water partition coefficient (Wildman–Crippen LogP) is 1.52. The number of carboxylic acids is 1. The minimum absolute atomic E-state index is 0.0184. The topological polar surface area (TPSA) is 81.3 Å². The molecular formula is C12H13NO3. The summed E-state index contributed by atoms with van der Waals surface area (Å²) in [5, 5.41) is 28.0. The van der Waals surface area contributed by atoms with Crippen molar-refractivity contribution in [1.82, 2.24) is 0 Å². The summed E-state index contributed by atoms with van der Waals surface area (Å²) in [4.78, 5) is 11.0. The summed E-state index contributed by atoms with van der Waals surface area (Å²) in [7, 11) is 0. The van der Waals surface area contributed by atoms with Crippen molar-refractivity contribution in [2.45, 2.75) is 24.9 Å². The molecule has 1 aromatic rings. The maximum Gasteiger partial charge on any atom is 0.337 e. The van der Waals surface area contributed by atoms with Crippen LogP contribution in [0.1, 0.15) is 24.8 Å². The number of aliphatic hydroxyl groups is 1. The number of nitrogens with zero attached hydrogens (tertiary/aromatic N) is 1. The molecule has 2 unspecified atom stereocenters. The van der Waals surface area contributed by atoms with E-state index in [9.17, 15) is 9.90 Å². The van der Waals surface area contributed by atoms with E-state index in [-0.39, 0.29) is 6.42 Å². The first kappa shape index (κ1) is 12.2. The zero-order valence-electron chi connectivity index (χ0n) is 8.92. The normalized spacial score (nSPS) is 15.8. The molecule has 0 amide bonds. The van der Waals surface area contributed by atoms with Gasteiger partial charge in [-0.05, 0) is 12.0 Å². The highest BCUT2D eigenvalue weighted by atomic mass is 16.4. The van der Waals surface area contributed by atoms with Crippen molar-refractivity contribution < 1.29 is 15.0 Å². The molecule has 0 fully saturated rings. The molecule has 16 heavy (non-hydrogen) atoms. The number of carbonyl (C=O) groups is 1. The second-order valence-electron chi connectivity index (χ2n) is 3.56. The van der Waals surface area contributed by atoms with Crippen LogP contribution < -0.4 is 0 Å². The molecule has 0 aliphatic rings. The Bertz CT molecular complexity index is 410. The Labute approximate surface area is 93.8 Å². The highest BCUT2D eigenvalue weighted by Crippen LogP contribution is 2.30. The molecule has 84 valence electrons. The van der Waals surface area contributed by atoms with E-state index in [1.54, 1.807) is 37.3 Å². The highest BCUT2D eigenvalue weighted by Gasteiger charge is 2.43. The van der Waals surface area contributed by atoms with Gasteiger partial charge in [-0.1, -0.05) is 37.3 Å². The van der Waals surface area contributed by atoms with Crippen molar-refractivity contribution in [3.8, 4) is 6.07 Å². The third-order valence-electron chi connectivity index (χ3n) is 2.65. The first-order valence-electron chi connectivity index (χ1n) is 4.96. The highest BCUT2D eigenvalue weighted by molar-refractivity contribution is 5.79. The van der Waals surface area contributed by atoms with Crippen LogP contribution in [0.4, 0.5) is 0 Å². The first-order valence-corrected chi connectivity index (χ1v) is 4.96. The van der Waals surface area contributed by atoms with Crippen LogP contribution in [0.3, 0.4) is 0 Å². The van der Waals surface area contributed by atoms with Crippen LogP contribution in [-0.2, 0) is 4.79 Å². The fourth-order valence-electron chi connectivity index (χ4n) is 1.58. The molecule has 2 N–H and O–H groups in total. The van der Waals surface area contributed by atoms with E-state index >= 15 is 0 Å². The number of aliphatic carboxylic acids is 1. The summed E-state index contributed by atoms with van der Waals surface area (Å²) in [6.07, 6.45) is -0.0184. The largest absolute Gasteiger partial charge is 0.479 e. The van der Waals surface area contributed by atoms with Crippen LogP contribution in [0.25, 0.3) is 0 Å². The zero-order valence-corrected chi connectivity index (χ0v) is 8.92. The third kappa shape index (κ3) is 2.05. The summed E-state index contributed by atoms with van der Waals surface area (Å²) in [6, 6.07) is 10.3. The lowest BCUT2D eigenvalue weighted by molar-refractivity contribution is -0.160.